The predicted octanol–water partition coefficient (Wildman–Crippen LogP) is 3.37. The second-order valence-corrected chi connectivity index (χ2v) is 6.61. The molecule has 4 aliphatic rings. The van der Waals surface area contributed by atoms with Crippen molar-refractivity contribution in [3.8, 4) is 0 Å². The summed E-state index contributed by atoms with van der Waals surface area (Å²) in [6.45, 7) is 4.73. The Bertz CT molecular complexity index is 300. The zero-order valence-corrected chi connectivity index (χ0v) is 11.3. The zero-order valence-electron chi connectivity index (χ0n) is 11.3. The van der Waals surface area contributed by atoms with E-state index in [1.165, 1.54) is 50.8 Å². The molecule has 2 atom stereocenters. The number of amidine groups is 1. The molecule has 0 aromatic rings. The number of rotatable bonds is 2. The van der Waals surface area contributed by atoms with Crippen LogP contribution in [0.25, 0.3) is 0 Å². The zero-order chi connectivity index (χ0) is 11.8. The monoisotopic (exact) mass is 234 g/mol. The van der Waals surface area contributed by atoms with Gasteiger partial charge in [-0.3, -0.25) is 4.99 Å². The molecule has 1 N–H and O–H groups in total. The fraction of sp³-hybridized carbons (Fsp3) is 0.933. The maximum atomic E-state index is 5.13. The fourth-order valence-corrected chi connectivity index (χ4v) is 4.07. The largest absolute Gasteiger partial charge is 0.371 e. The van der Waals surface area contributed by atoms with Gasteiger partial charge in [-0.25, -0.2) is 0 Å². The van der Waals surface area contributed by atoms with E-state index in [0.29, 0.717) is 6.04 Å². The first-order valence-corrected chi connectivity index (χ1v) is 7.58. The predicted molar refractivity (Wildman–Crippen MR) is 72.3 cm³/mol. The van der Waals surface area contributed by atoms with E-state index in [2.05, 4.69) is 19.2 Å². The summed E-state index contributed by atoms with van der Waals surface area (Å²) in [4.78, 5) is 5.13. The Morgan fingerprint density at radius 3 is 2.41 bits per heavy atom. The molecule has 0 unspecified atom stereocenters. The topological polar surface area (TPSA) is 24.4 Å². The maximum Gasteiger partial charge on any atom is 0.1000 e. The van der Waals surface area contributed by atoms with Crippen molar-refractivity contribution in [2.75, 3.05) is 0 Å². The van der Waals surface area contributed by atoms with Crippen molar-refractivity contribution in [2.45, 2.75) is 70.9 Å². The van der Waals surface area contributed by atoms with Gasteiger partial charge in [-0.2, -0.15) is 0 Å². The van der Waals surface area contributed by atoms with Crippen molar-refractivity contribution in [2.24, 2.45) is 22.7 Å². The van der Waals surface area contributed by atoms with Gasteiger partial charge in [-0.15, -0.1) is 0 Å². The maximum absolute atomic E-state index is 5.13. The van der Waals surface area contributed by atoms with Crippen molar-refractivity contribution in [3.05, 3.63) is 0 Å². The molecule has 0 aromatic carbocycles. The molecule has 2 bridgehead atoms. The lowest BCUT2D eigenvalue weighted by Gasteiger charge is -2.39. The van der Waals surface area contributed by atoms with Crippen LogP contribution in [0.15, 0.2) is 4.99 Å². The SMILES string of the molecule is CC(C)[C@@H]1CCC[C@@H]1N=C1NC2CCC1CC2. The molecule has 4 fully saturated rings. The van der Waals surface area contributed by atoms with Gasteiger partial charge in [-0.05, 0) is 50.4 Å². The molecule has 0 aromatic heterocycles. The number of piperidine rings is 2. The molecule has 2 heteroatoms. The van der Waals surface area contributed by atoms with Crippen molar-refractivity contribution in [3.63, 3.8) is 0 Å². The second kappa shape index (κ2) is 4.62. The normalized spacial score (nSPS) is 43.4. The number of hydrogen-bond acceptors (Lipinski definition) is 1. The van der Waals surface area contributed by atoms with Crippen LogP contribution in [0.4, 0.5) is 0 Å². The minimum absolute atomic E-state index is 0.622. The minimum atomic E-state index is 0.622. The first kappa shape index (κ1) is 11.6. The molecule has 2 aliphatic carbocycles. The van der Waals surface area contributed by atoms with Crippen molar-refractivity contribution >= 4 is 5.84 Å². The summed E-state index contributed by atoms with van der Waals surface area (Å²) in [6.07, 6.45) is 9.63. The van der Waals surface area contributed by atoms with Gasteiger partial charge in [0.05, 0.1) is 11.9 Å². The van der Waals surface area contributed by atoms with E-state index in [4.69, 9.17) is 4.99 Å². The van der Waals surface area contributed by atoms with Crippen molar-refractivity contribution in [1.82, 2.24) is 5.32 Å². The van der Waals surface area contributed by atoms with Gasteiger partial charge in [0.15, 0.2) is 0 Å². The summed E-state index contributed by atoms with van der Waals surface area (Å²) < 4.78 is 0. The third-order valence-corrected chi connectivity index (χ3v) is 5.16. The molecule has 96 valence electrons. The Morgan fingerprint density at radius 1 is 1.06 bits per heavy atom. The molecule has 2 saturated carbocycles. The quantitative estimate of drug-likeness (QED) is 0.778. The highest BCUT2D eigenvalue weighted by atomic mass is 15.1. The van der Waals surface area contributed by atoms with Gasteiger partial charge in [0.25, 0.3) is 0 Å². The molecule has 2 aliphatic heterocycles. The number of fused-ring (bicyclic) bond motifs is 3. The molecule has 0 radical (unpaired) electrons. The summed E-state index contributed by atoms with van der Waals surface area (Å²) >= 11 is 0. The van der Waals surface area contributed by atoms with E-state index in [0.717, 1.165) is 23.8 Å². The van der Waals surface area contributed by atoms with E-state index in [9.17, 15) is 0 Å². The molecule has 2 heterocycles. The van der Waals surface area contributed by atoms with Crippen LogP contribution >= 0.6 is 0 Å². The summed E-state index contributed by atoms with van der Waals surface area (Å²) in [5.74, 6) is 3.79. The van der Waals surface area contributed by atoms with Gasteiger partial charge in [0, 0.05) is 12.0 Å². The highest BCUT2D eigenvalue weighted by Gasteiger charge is 2.35. The second-order valence-electron chi connectivity index (χ2n) is 6.61. The Hall–Kier alpha value is -0.530. The number of nitrogens with zero attached hydrogens (tertiary/aromatic N) is 1. The molecule has 4 rings (SSSR count). The Labute approximate surface area is 105 Å². The molecular formula is C15H26N2. The molecule has 0 amide bonds. The molecule has 2 saturated heterocycles. The van der Waals surface area contributed by atoms with Crippen molar-refractivity contribution < 1.29 is 0 Å². The standard InChI is InChI=1S/C15H26N2/c1-10(2)13-4-3-5-14(13)17-15-11-6-8-12(16-15)9-7-11/h10-14H,3-9H2,1-2H3,(H,16,17)/t11?,12?,13-,14-/m0/s1. The van der Waals surface area contributed by atoms with Crippen molar-refractivity contribution in [1.29, 1.82) is 0 Å². The first-order valence-electron chi connectivity index (χ1n) is 7.58. The minimum Gasteiger partial charge on any atom is -0.371 e. The molecule has 0 spiro atoms. The lowest BCUT2D eigenvalue weighted by molar-refractivity contribution is 0.310. The lowest BCUT2D eigenvalue weighted by Crippen LogP contribution is -2.49. The van der Waals surface area contributed by atoms with Crippen LogP contribution in [0.5, 0.6) is 0 Å². The van der Waals surface area contributed by atoms with E-state index < -0.39 is 0 Å². The fourth-order valence-electron chi connectivity index (χ4n) is 4.07. The number of hydrogen-bond donors (Lipinski definition) is 1. The van der Waals surface area contributed by atoms with E-state index in [1.54, 1.807) is 0 Å². The molecular weight excluding hydrogens is 208 g/mol. The first-order chi connectivity index (χ1) is 8.24. The summed E-state index contributed by atoms with van der Waals surface area (Å²) in [5.41, 5.74) is 0. The molecule has 2 nitrogen and oxygen atoms in total. The molecule has 17 heavy (non-hydrogen) atoms. The van der Waals surface area contributed by atoms with Crippen LogP contribution in [0.1, 0.15) is 58.8 Å². The van der Waals surface area contributed by atoms with Crippen LogP contribution in [0.2, 0.25) is 0 Å². The summed E-state index contributed by atoms with van der Waals surface area (Å²) in [5, 5.41) is 3.69. The Kier molecular flexibility index (Phi) is 3.14. The average molecular weight is 234 g/mol. The van der Waals surface area contributed by atoms with Gasteiger partial charge >= 0.3 is 0 Å². The van der Waals surface area contributed by atoms with E-state index >= 15 is 0 Å². The number of nitrogens with one attached hydrogen (secondary N) is 1. The highest BCUT2D eigenvalue weighted by Crippen LogP contribution is 2.36. The Morgan fingerprint density at radius 2 is 1.82 bits per heavy atom. The third kappa shape index (κ3) is 2.23. The number of aliphatic imine (C=N–C) groups is 1. The summed E-state index contributed by atoms with van der Waals surface area (Å²) in [7, 11) is 0. The van der Waals surface area contributed by atoms with Crippen LogP contribution in [0, 0.1) is 17.8 Å². The van der Waals surface area contributed by atoms with Crippen LogP contribution < -0.4 is 5.32 Å². The van der Waals surface area contributed by atoms with Gasteiger partial charge in [0.2, 0.25) is 0 Å². The average Bonchev–Trinajstić information content (AvgIpc) is 2.79. The highest BCUT2D eigenvalue weighted by molar-refractivity contribution is 5.86. The van der Waals surface area contributed by atoms with Crippen LogP contribution in [0.3, 0.4) is 0 Å². The van der Waals surface area contributed by atoms with Gasteiger partial charge in [-0.1, -0.05) is 20.3 Å². The lowest BCUT2D eigenvalue weighted by atomic mass is 9.80. The van der Waals surface area contributed by atoms with Crippen LogP contribution in [-0.2, 0) is 0 Å². The Balaban J connectivity index is 1.72. The van der Waals surface area contributed by atoms with Gasteiger partial charge < -0.3 is 5.32 Å². The van der Waals surface area contributed by atoms with E-state index in [-0.39, 0.29) is 0 Å². The van der Waals surface area contributed by atoms with Crippen LogP contribution in [-0.4, -0.2) is 17.9 Å². The van der Waals surface area contributed by atoms with Gasteiger partial charge in [0.1, 0.15) is 0 Å². The summed E-state index contributed by atoms with van der Waals surface area (Å²) in [6, 6.07) is 1.37. The third-order valence-electron chi connectivity index (χ3n) is 5.16. The van der Waals surface area contributed by atoms with E-state index in [1.807, 2.05) is 0 Å². The smallest absolute Gasteiger partial charge is 0.1000 e.